The number of ether oxygens (including phenoxy) is 3. The molecule has 8 heteroatoms. The van der Waals surface area contributed by atoms with E-state index in [2.05, 4.69) is 0 Å². The molecule has 2 rings (SSSR count). The van der Waals surface area contributed by atoms with Crippen molar-refractivity contribution < 1.29 is 32.2 Å². The highest BCUT2D eigenvalue weighted by atomic mass is 19.4. The zero-order valence-electron chi connectivity index (χ0n) is 11.8. The first-order valence-electron chi connectivity index (χ1n) is 7.14. The van der Waals surface area contributed by atoms with Gasteiger partial charge in [0.05, 0.1) is 12.1 Å². The number of alkyl halides is 3. The van der Waals surface area contributed by atoms with Gasteiger partial charge in [0.2, 0.25) is 0 Å². The summed E-state index contributed by atoms with van der Waals surface area (Å²) < 4.78 is 53.7. The van der Waals surface area contributed by atoms with Crippen LogP contribution in [0.3, 0.4) is 0 Å². The summed E-state index contributed by atoms with van der Waals surface area (Å²) in [6.07, 6.45) is -3.51. The predicted molar refractivity (Wildman–Crippen MR) is 66.5 cm³/mol. The summed E-state index contributed by atoms with van der Waals surface area (Å²) in [4.78, 5) is 11.1. The molecule has 2 saturated heterocycles. The van der Waals surface area contributed by atoms with E-state index in [9.17, 15) is 18.0 Å². The zero-order valence-corrected chi connectivity index (χ0v) is 11.8. The van der Waals surface area contributed by atoms with Crippen molar-refractivity contribution in [1.29, 1.82) is 0 Å². The Kier molecular flexibility index (Phi) is 5.45. The van der Waals surface area contributed by atoms with E-state index >= 15 is 0 Å². The molecule has 0 aliphatic carbocycles. The molecule has 2 aliphatic heterocycles. The molecule has 4 atom stereocenters. The van der Waals surface area contributed by atoms with Gasteiger partial charge in [-0.3, -0.25) is 4.79 Å². The lowest BCUT2D eigenvalue weighted by molar-refractivity contribution is -0.229. The van der Waals surface area contributed by atoms with Crippen molar-refractivity contribution >= 4 is 5.91 Å². The third-order valence-electron chi connectivity index (χ3n) is 3.69. The normalized spacial score (nSPS) is 34.5. The van der Waals surface area contributed by atoms with Gasteiger partial charge in [-0.2, -0.15) is 13.2 Å². The average molecular weight is 311 g/mol. The van der Waals surface area contributed by atoms with E-state index in [1.165, 1.54) is 0 Å². The Hall–Kier alpha value is -0.860. The van der Waals surface area contributed by atoms with Gasteiger partial charge in [0, 0.05) is 13.2 Å². The van der Waals surface area contributed by atoms with Crippen LogP contribution < -0.4 is 5.32 Å². The number of hydrogen-bond donors (Lipinski definition) is 1. The Morgan fingerprint density at radius 3 is 2.57 bits per heavy atom. The molecule has 0 aromatic heterocycles. The topological polar surface area (TPSA) is 56.8 Å². The average Bonchev–Trinajstić information content (AvgIpc) is 2.42. The summed E-state index contributed by atoms with van der Waals surface area (Å²) in [6, 6.07) is -0.728. The van der Waals surface area contributed by atoms with Gasteiger partial charge < -0.3 is 19.5 Å². The van der Waals surface area contributed by atoms with Gasteiger partial charge >= 0.3 is 12.1 Å². The summed E-state index contributed by atoms with van der Waals surface area (Å²) in [5, 5.41) is 2.00. The fourth-order valence-electron chi connectivity index (χ4n) is 2.57. The third-order valence-corrected chi connectivity index (χ3v) is 3.69. The molecule has 0 radical (unpaired) electrons. The smallest absolute Gasteiger partial charge is 0.376 e. The SMILES string of the molecule is CC1OCCC(NC(=O)C(F)(F)F)C1OC1CCCCO1. The number of halogens is 3. The van der Waals surface area contributed by atoms with Crippen LogP contribution in [0.4, 0.5) is 13.2 Å². The lowest BCUT2D eigenvalue weighted by atomic mass is 10.00. The van der Waals surface area contributed by atoms with Crippen molar-refractivity contribution in [3.8, 4) is 0 Å². The molecule has 21 heavy (non-hydrogen) atoms. The number of carbonyl (C=O) groups is 1. The largest absolute Gasteiger partial charge is 0.471 e. The van der Waals surface area contributed by atoms with Crippen molar-refractivity contribution in [3.05, 3.63) is 0 Å². The van der Waals surface area contributed by atoms with Crippen molar-refractivity contribution in [2.24, 2.45) is 0 Å². The van der Waals surface area contributed by atoms with Crippen molar-refractivity contribution in [1.82, 2.24) is 5.32 Å². The predicted octanol–water partition coefficient (Wildman–Crippen LogP) is 1.75. The number of hydrogen-bond acceptors (Lipinski definition) is 4. The minimum Gasteiger partial charge on any atom is -0.376 e. The highest BCUT2D eigenvalue weighted by molar-refractivity contribution is 5.82. The van der Waals surface area contributed by atoms with Gasteiger partial charge in [0.15, 0.2) is 6.29 Å². The maximum atomic E-state index is 12.4. The number of nitrogens with one attached hydrogen (secondary N) is 1. The molecular weight excluding hydrogens is 291 g/mol. The molecule has 1 amide bonds. The second-order valence-corrected chi connectivity index (χ2v) is 5.34. The maximum absolute atomic E-state index is 12.4. The van der Waals surface area contributed by atoms with Crippen LogP contribution in [0.1, 0.15) is 32.6 Å². The first-order valence-corrected chi connectivity index (χ1v) is 7.14. The molecule has 2 heterocycles. The summed E-state index contributed by atoms with van der Waals surface area (Å²) in [5.74, 6) is -1.94. The first-order chi connectivity index (χ1) is 9.88. The molecule has 0 aromatic carbocycles. The molecule has 1 N–H and O–H groups in total. The molecule has 4 unspecified atom stereocenters. The number of carbonyl (C=O) groups excluding carboxylic acids is 1. The van der Waals surface area contributed by atoms with Crippen LogP contribution in [-0.2, 0) is 19.0 Å². The van der Waals surface area contributed by atoms with Gasteiger partial charge in [-0.1, -0.05) is 0 Å². The molecule has 2 aliphatic rings. The van der Waals surface area contributed by atoms with Crippen LogP contribution in [0.25, 0.3) is 0 Å². The van der Waals surface area contributed by atoms with Crippen LogP contribution in [0.5, 0.6) is 0 Å². The Balaban J connectivity index is 1.97. The van der Waals surface area contributed by atoms with E-state index in [0.717, 1.165) is 12.8 Å². The van der Waals surface area contributed by atoms with Crippen molar-refractivity contribution in [3.63, 3.8) is 0 Å². The summed E-state index contributed by atoms with van der Waals surface area (Å²) >= 11 is 0. The van der Waals surface area contributed by atoms with E-state index in [4.69, 9.17) is 14.2 Å². The van der Waals surface area contributed by atoms with Crippen LogP contribution in [0.15, 0.2) is 0 Å². The highest BCUT2D eigenvalue weighted by Crippen LogP contribution is 2.24. The summed E-state index contributed by atoms with van der Waals surface area (Å²) in [5.41, 5.74) is 0. The molecule has 0 spiro atoms. The Bertz CT molecular complexity index is 358. The molecule has 0 bridgehead atoms. The van der Waals surface area contributed by atoms with Gasteiger partial charge in [0.1, 0.15) is 6.10 Å². The Morgan fingerprint density at radius 1 is 1.19 bits per heavy atom. The van der Waals surface area contributed by atoms with E-state index in [0.29, 0.717) is 13.0 Å². The van der Waals surface area contributed by atoms with Crippen LogP contribution in [0.2, 0.25) is 0 Å². The monoisotopic (exact) mass is 311 g/mol. The van der Waals surface area contributed by atoms with E-state index in [1.54, 1.807) is 6.92 Å². The van der Waals surface area contributed by atoms with Crippen LogP contribution in [0, 0.1) is 0 Å². The first kappa shape index (κ1) is 16.5. The van der Waals surface area contributed by atoms with Gasteiger partial charge in [0.25, 0.3) is 0 Å². The van der Waals surface area contributed by atoms with Gasteiger partial charge in [-0.05, 0) is 32.6 Å². The lowest BCUT2D eigenvalue weighted by Gasteiger charge is -2.39. The molecule has 0 aromatic rings. The molecule has 122 valence electrons. The number of amides is 1. The number of rotatable bonds is 3. The maximum Gasteiger partial charge on any atom is 0.471 e. The highest BCUT2D eigenvalue weighted by Gasteiger charge is 2.43. The van der Waals surface area contributed by atoms with Crippen LogP contribution in [-0.4, -0.2) is 49.8 Å². The van der Waals surface area contributed by atoms with E-state index < -0.39 is 36.6 Å². The minimum atomic E-state index is -4.90. The Morgan fingerprint density at radius 2 is 1.95 bits per heavy atom. The van der Waals surface area contributed by atoms with E-state index in [-0.39, 0.29) is 13.0 Å². The van der Waals surface area contributed by atoms with Crippen LogP contribution >= 0.6 is 0 Å². The van der Waals surface area contributed by atoms with E-state index in [1.807, 2.05) is 5.32 Å². The second-order valence-electron chi connectivity index (χ2n) is 5.34. The zero-order chi connectivity index (χ0) is 15.5. The fourth-order valence-corrected chi connectivity index (χ4v) is 2.57. The summed E-state index contributed by atoms with van der Waals surface area (Å²) in [6.45, 7) is 2.58. The fraction of sp³-hybridized carbons (Fsp3) is 0.923. The van der Waals surface area contributed by atoms with Gasteiger partial charge in [-0.15, -0.1) is 0 Å². The summed E-state index contributed by atoms with van der Waals surface area (Å²) in [7, 11) is 0. The standard InChI is InChI=1S/C13H20F3NO4/c1-8-11(21-10-4-2-3-6-20-10)9(5-7-19-8)17-12(18)13(14,15)16/h8-11H,2-7H2,1H3,(H,17,18). The van der Waals surface area contributed by atoms with Crippen molar-refractivity contribution in [2.45, 2.75) is 63.3 Å². The molecule has 2 fully saturated rings. The third kappa shape index (κ3) is 4.55. The quantitative estimate of drug-likeness (QED) is 0.863. The van der Waals surface area contributed by atoms with Crippen molar-refractivity contribution in [2.75, 3.05) is 13.2 Å². The molecule has 5 nitrogen and oxygen atoms in total. The second kappa shape index (κ2) is 6.93. The van der Waals surface area contributed by atoms with Gasteiger partial charge in [-0.25, -0.2) is 0 Å². The Labute approximate surface area is 121 Å². The molecular formula is C13H20F3NO4. The lowest BCUT2D eigenvalue weighted by Crippen LogP contribution is -2.56. The minimum absolute atomic E-state index is 0.281. The molecule has 0 saturated carbocycles.